The lowest BCUT2D eigenvalue weighted by Crippen LogP contribution is -2.24. The number of aryl methyl sites for hydroxylation is 1. The van der Waals surface area contributed by atoms with Gasteiger partial charge in [0.1, 0.15) is 5.01 Å². The van der Waals surface area contributed by atoms with E-state index in [2.05, 4.69) is 31.0 Å². The molecule has 0 radical (unpaired) electrons. The van der Waals surface area contributed by atoms with Crippen molar-refractivity contribution in [2.24, 2.45) is 0 Å². The molecule has 0 saturated carbocycles. The van der Waals surface area contributed by atoms with Gasteiger partial charge in [-0.2, -0.15) is 13.2 Å². The highest BCUT2D eigenvalue weighted by Gasteiger charge is 2.31. The van der Waals surface area contributed by atoms with Gasteiger partial charge in [0.25, 0.3) is 5.91 Å². The Labute approximate surface area is 208 Å². The van der Waals surface area contributed by atoms with Gasteiger partial charge < -0.3 is 5.32 Å². The lowest BCUT2D eigenvalue weighted by atomic mass is 10.2. The number of amides is 2. The van der Waals surface area contributed by atoms with Gasteiger partial charge in [0.15, 0.2) is 11.0 Å². The third-order valence-corrected chi connectivity index (χ3v) is 6.94. The minimum absolute atomic E-state index is 0.0865. The molecule has 15 heteroatoms. The van der Waals surface area contributed by atoms with E-state index in [0.717, 1.165) is 23.9 Å². The summed E-state index contributed by atoms with van der Waals surface area (Å²) in [6, 6.07) is 8.03. The standard InChI is InChI=1S/C20H16F3N7O2S3/c1-11-26-28-18(35-11)25-16(31)10-34-19-29-27-15(9-24-17(32)14-6-3-7-33-14)30(19)13-5-2-4-12(8-13)20(21,22)23/h2-8H,9-10H2,1H3,(H,24,32)(H,25,28,31). The second kappa shape index (κ2) is 10.5. The van der Waals surface area contributed by atoms with Crippen LogP contribution in [0.25, 0.3) is 5.69 Å². The van der Waals surface area contributed by atoms with Crippen molar-refractivity contribution in [3.8, 4) is 5.69 Å². The summed E-state index contributed by atoms with van der Waals surface area (Å²) < 4.78 is 41.3. The maximum absolute atomic E-state index is 13.3. The zero-order valence-electron chi connectivity index (χ0n) is 17.9. The number of thiophene rings is 1. The number of hydrogen-bond donors (Lipinski definition) is 2. The van der Waals surface area contributed by atoms with Crippen molar-refractivity contribution >= 4 is 51.4 Å². The first-order valence-corrected chi connectivity index (χ1v) is 12.6. The van der Waals surface area contributed by atoms with Crippen molar-refractivity contribution in [3.63, 3.8) is 0 Å². The monoisotopic (exact) mass is 539 g/mol. The van der Waals surface area contributed by atoms with Crippen LogP contribution in [-0.4, -0.2) is 42.5 Å². The molecule has 0 aliphatic rings. The van der Waals surface area contributed by atoms with E-state index in [-0.39, 0.29) is 34.9 Å². The fourth-order valence-electron chi connectivity index (χ4n) is 2.88. The zero-order chi connectivity index (χ0) is 25.0. The molecule has 0 aliphatic heterocycles. The average Bonchev–Trinajstić information content (AvgIpc) is 3.57. The first-order valence-electron chi connectivity index (χ1n) is 9.87. The fraction of sp³-hybridized carbons (Fsp3) is 0.200. The molecule has 3 aromatic heterocycles. The number of carbonyl (C=O) groups excluding carboxylic acids is 2. The fourth-order valence-corrected chi connectivity index (χ4v) is 4.89. The molecule has 0 unspecified atom stereocenters. The summed E-state index contributed by atoms with van der Waals surface area (Å²) in [6.07, 6.45) is -4.55. The van der Waals surface area contributed by atoms with E-state index in [4.69, 9.17) is 0 Å². The van der Waals surface area contributed by atoms with Crippen molar-refractivity contribution < 1.29 is 22.8 Å². The molecule has 2 amide bonds. The Morgan fingerprint density at radius 2 is 1.94 bits per heavy atom. The second-order valence-electron chi connectivity index (χ2n) is 6.91. The molecule has 35 heavy (non-hydrogen) atoms. The number of hydrogen-bond acceptors (Lipinski definition) is 9. The first-order chi connectivity index (χ1) is 16.7. The highest BCUT2D eigenvalue weighted by molar-refractivity contribution is 7.99. The minimum atomic E-state index is -4.55. The lowest BCUT2D eigenvalue weighted by Gasteiger charge is -2.13. The molecule has 9 nitrogen and oxygen atoms in total. The molecule has 0 saturated heterocycles. The van der Waals surface area contributed by atoms with Crippen LogP contribution in [-0.2, 0) is 17.5 Å². The number of alkyl halides is 3. The number of benzene rings is 1. The molecule has 0 spiro atoms. The number of carbonyl (C=O) groups is 2. The van der Waals surface area contributed by atoms with Gasteiger partial charge in [-0.25, -0.2) is 0 Å². The van der Waals surface area contributed by atoms with Crippen LogP contribution in [0, 0.1) is 6.92 Å². The van der Waals surface area contributed by atoms with Crippen molar-refractivity contribution in [2.45, 2.75) is 24.8 Å². The normalized spacial score (nSPS) is 11.4. The summed E-state index contributed by atoms with van der Waals surface area (Å²) in [7, 11) is 0. The average molecular weight is 540 g/mol. The van der Waals surface area contributed by atoms with Gasteiger partial charge in [0.2, 0.25) is 11.0 Å². The summed E-state index contributed by atoms with van der Waals surface area (Å²) in [6.45, 7) is 1.66. The zero-order valence-corrected chi connectivity index (χ0v) is 20.3. The molecule has 0 atom stereocenters. The Hall–Kier alpha value is -3.30. The van der Waals surface area contributed by atoms with E-state index >= 15 is 0 Å². The quantitative estimate of drug-likeness (QED) is 0.323. The first kappa shape index (κ1) is 24.8. The van der Waals surface area contributed by atoms with Gasteiger partial charge in [0, 0.05) is 0 Å². The van der Waals surface area contributed by atoms with Crippen LogP contribution in [0.4, 0.5) is 18.3 Å². The summed E-state index contributed by atoms with van der Waals surface area (Å²) in [5.41, 5.74) is -0.703. The number of nitrogens with zero attached hydrogens (tertiary/aromatic N) is 5. The molecule has 2 N–H and O–H groups in total. The van der Waals surface area contributed by atoms with Crippen LogP contribution >= 0.6 is 34.4 Å². The van der Waals surface area contributed by atoms with Crippen LogP contribution in [0.5, 0.6) is 0 Å². The molecule has 0 bridgehead atoms. The van der Waals surface area contributed by atoms with Gasteiger partial charge in [-0.3, -0.25) is 19.5 Å². The second-order valence-corrected chi connectivity index (χ2v) is 9.98. The van der Waals surface area contributed by atoms with Crippen LogP contribution in [0.1, 0.15) is 26.1 Å². The topological polar surface area (TPSA) is 115 Å². The van der Waals surface area contributed by atoms with E-state index in [1.165, 1.54) is 39.4 Å². The Bertz CT molecular complexity index is 1340. The molecule has 182 valence electrons. The Morgan fingerprint density at radius 3 is 2.63 bits per heavy atom. The minimum Gasteiger partial charge on any atom is -0.344 e. The smallest absolute Gasteiger partial charge is 0.344 e. The van der Waals surface area contributed by atoms with E-state index in [9.17, 15) is 22.8 Å². The number of halogens is 3. The summed E-state index contributed by atoms with van der Waals surface area (Å²) >= 11 is 3.45. The highest BCUT2D eigenvalue weighted by atomic mass is 32.2. The van der Waals surface area contributed by atoms with E-state index in [1.807, 2.05) is 0 Å². The number of nitrogens with one attached hydrogen (secondary N) is 2. The molecule has 1 aromatic carbocycles. The maximum Gasteiger partial charge on any atom is 0.416 e. The van der Waals surface area contributed by atoms with Crippen LogP contribution in [0.3, 0.4) is 0 Å². The Kier molecular flexibility index (Phi) is 7.47. The van der Waals surface area contributed by atoms with Gasteiger partial charge >= 0.3 is 6.18 Å². The predicted octanol–water partition coefficient (Wildman–Crippen LogP) is 4.17. The molecule has 4 rings (SSSR count). The maximum atomic E-state index is 13.3. The summed E-state index contributed by atoms with van der Waals surface area (Å²) in [5.74, 6) is -0.634. The van der Waals surface area contributed by atoms with Gasteiger partial charge in [0.05, 0.1) is 28.4 Å². The number of aromatic nitrogens is 5. The predicted molar refractivity (Wildman–Crippen MR) is 126 cm³/mol. The number of rotatable bonds is 8. The van der Waals surface area contributed by atoms with Crippen molar-refractivity contribution in [3.05, 3.63) is 63.1 Å². The van der Waals surface area contributed by atoms with Crippen molar-refractivity contribution in [2.75, 3.05) is 11.1 Å². The SMILES string of the molecule is Cc1nnc(NC(=O)CSc2nnc(CNC(=O)c3cccs3)n2-c2cccc(C(F)(F)F)c2)s1. The third-order valence-electron chi connectivity index (χ3n) is 4.39. The number of anilines is 1. The number of thioether (sulfide) groups is 1. The molecule has 0 fully saturated rings. The molecule has 4 aromatic rings. The lowest BCUT2D eigenvalue weighted by molar-refractivity contribution is -0.137. The summed E-state index contributed by atoms with van der Waals surface area (Å²) in [5, 5.41) is 24.0. The van der Waals surface area contributed by atoms with E-state index in [0.29, 0.717) is 15.0 Å². The third kappa shape index (κ3) is 6.23. The highest BCUT2D eigenvalue weighted by Crippen LogP contribution is 2.31. The van der Waals surface area contributed by atoms with Crippen molar-refractivity contribution in [1.29, 1.82) is 0 Å². The molecular weight excluding hydrogens is 523 g/mol. The Balaban J connectivity index is 1.57. The Morgan fingerprint density at radius 1 is 1.11 bits per heavy atom. The van der Waals surface area contributed by atoms with Gasteiger partial charge in [-0.15, -0.1) is 31.7 Å². The van der Waals surface area contributed by atoms with E-state index in [1.54, 1.807) is 24.4 Å². The molecule has 0 aliphatic carbocycles. The van der Waals surface area contributed by atoms with Crippen molar-refractivity contribution in [1.82, 2.24) is 30.3 Å². The van der Waals surface area contributed by atoms with E-state index < -0.39 is 17.6 Å². The van der Waals surface area contributed by atoms with Gasteiger partial charge in [-0.05, 0) is 36.6 Å². The van der Waals surface area contributed by atoms with Gasteiger partial charge in [-0.1, -0.05) is 35.2 Å². The van der Waals surface area contributed by atoms with Crippen LogP contribution in [0.15, 0.2) is 46.9 Å². The largest absolute Gasteiger partial charge is 0.416 e. The molecular formula is C20H16F3N7O2S3. The van der Waals surface area contributed by atoms with Crippen LogP contribution < -0.4 is 10.6 Å². The molecule has 3 heterocycles. The summed E-state index contributed by atoms with van der Waals surface area (Å²) in [4.78, 5) is 25.1. The van der Waals surface area contributed by atoms with Crippen LogP contribution in [0.2, 0.25) is 0 Å².